The number of hydrogen-bond donors (Lipinski definition) is 0. The number of pyridine rings is 1. The summed E-state index contributed by atoms with van der Waals surface area (Å²) >= 11 is 0. The molecule has 0 spiro atoms. The van der Waals surface area contributed by atoms with Crippen LogP contribution in [0.2, 0.25) is 0 Å². The number of nitrogens with zero attached hydrogens (tertiary/aromatic N) is 4. The van der Waals surface area contributed by atoms with Crippen molar-refractivity contribution in [1.82, 2.24) is 15.1 Å². The van der Waals surface area contributed by atoms with Gasteiger partial charge in [0.05, 0.1) is 5.56 Å². The van der Waals surface area contributed by atoms with Gasteiger partial charge in [-0.15, -0.1) is 0 Å². The van der Waals surface area contributed by atoms with E-state index in [-0.39, 0.29) is 6.61 Å². The fraction of sp³-hybridized carbons (Fsp3) is 0.188. The van der Waals surface area contributed by atoms with E-state index in [0.29, 0.717) is 11.7 Å². The highest BCUT2D eigenvalue weighted by Gasteiger charge is 2.10. The lowest BCUT2D eigenvalue weighted by molar-refractivity contribution is 0.287. The van der Waals surface area contributed by atoms with Crippen LogP contribution in [0.5, 0.6) is 5.75 Å². The minimum absolute atomic E-state index is 0.261. The lowest BCUT2D eigenvalue weighted by atomic mass is 10.3. The lowest BCUT2D eigenvalue weighted by Crippen LogP contribution is -2.09. The summed E-state index contributed by atoms with van der Waals surface area (Å²) in [6.45, 7) is 0.261. The molecule has 6 heteroatoms. The van der Waals surface area contributed by atoms with Crippen LogP contribution in [0.25, 0.3) is 11.5 Å². The van der Waals surface area contributed by atoms with Crippen molar-refractivity contribution in [3.63, 3.8) is 0 Å². The first-order valence-electron chi connectivity index (χ1n) is 6.86. The van der Waals surface area contributed by atoms with E-state index in [9.17, 15) is 0 Å². The first-order chi connectivity index (χ1) is 10.7. The van der Waals surface area contributed by atoms with Gasteiger partial charge in [-0.05, 0) is 24.3 Å². The quantitative estimate of drug-likeness (QED) is 0.721. The molecule has 0 aliphatic heterocycles. The summed E-state index contributed by atoms with van der Waals surface area (Å²) in [4.78, 5) is 10.6. The van der Waals surface area contributed by atoms with Gasteiger partial charge >= 0.3 is 0 Å². The minimum Gasteiger partial charge on any atom is -0.485 e. The Morgan fingerprint density at radius 3 is 2.59 bits per heavy atom. The topological polar surface area (TPSA) is 64.3 Å². The molecule has 0 aliphatic rings. The standard InChI is InChI=1S/C16H16N4O2/c1-20(2)15-9-8-12(10-17-15)16-18-14(19-22-16)11-21-13-6-4-3-5-7-13/h3-10H,11H2,1-2H3. The van der Waals surface area contributed by atoms with Crippen LogP contribution in [0, 0.1) is 0 Å². The van der Waals surface area contributed by atoms with Crippen LogP contribution in [0.15, 0.2) is 53.2 Å². The Bertz CT molecular complexity index is 723. The molecule has 0 bridgehead atoms. The molecule has 0 saturated heterocycles. The Balaban J connectivity index is 1.68. The highest BCUT2D eigenvalue weighted by molar-refractivity contribution is 5.54. The monoisotopic (exact) mass is 296 g/mol. The summed E-state index contributed by atoms with van der Waals surface area (Å²) in [5.41, 5.74) is 0.782. The van der Waals surface area contributed by atoms with Gasteiger partial charge in [0.25, 0.3) is 5.89 Å². The number of para-hydroxylation sites is 1. The summed E-state index contributed by atoms with van der Waals surface area (Å²) in [7, 11) is 3.88. The summed E-state index contributed by atoms with van der Waals surface area (Å²) in [6, 6.07) is 13.3. The van der Waals surface area contributed by atoms with E-state index >= 15 is 0 Å². The van der Waals surface area contributed by atoms with Crippen molar-refractivity contribution in [2.24, 2.45) is 0 Å². The zero-order chi connectivity index (χ0) is 15.4. The Morgan fingerprint density at radius 2 is 1.91 bits per heavy atom. The molecule has 22 heavy (non-hydrogen) atoms. The van der Waals surface area contributed by atoms with E-state index in [1.54, 1.807) is 6.20 Å². The molecule has 0 amide bonds. The van der Waals surface area contributed by atoms with Crippen LogP contribution >= 0.6 is 0 Å². The van der Waals surface area contributed by atoms with E-state index in [0.717, 1.165) is 17.1 Å². The Morgan fingerprint density at radius 1 is 1.09 bits per heavy atom. The number of rotatable bonds is 5. The molecule has 0 atom stereocenters. The maximum Gasteiger partial charge on any atom is 0.259 e. The van der Waals surface area contributed by atoms with Crippen molar-refractivity contribution in [3.05, 3.63) is 54.5 Å². The largest absolute Gasteiger partial charge is 0.485 e. The molecule has 1 aromatic carbocycles. The summed E-state index contributed by atoms with van der Waals surface area (Å²) in [6.07, 6.45) is 1.71. The third kappa shape index (κ3) is 3.22. The second-order valence-electron chi connectivity index (χ2n) is 4.92. The molecule has 0 fully saturated rings. The van der Waals surface area contributed by atoms with Gasteiger partial charge in [-0.25, -0.2) is 4.98 Å². The van der Waals surface area contributed by atoms with Crippen molar-refractivity contribution < 1.29 is 9.26 Å². The van der Waals surface area contributed by atoms with Crippen molar-refractivity contribution >= 4 is 5.82 Å². The molecular formula is C16H16N4O2. The van der Waals surface area contributed by atoms with Crippen LogP contribution in [-0.4, -0.2) is 29.2 Å². The Kier molecular flexibility index (Phi) is 4.00. The van der Waals surface area contributed by atoms with Crippen LogP contribution in [0.4, 0.5) is 5.82 Å². The number of hydrogen-bond acceptors (Lipinski definition) is 6. The average Bonchev–Trinajstić information content (AvgIpc) is 3.03. The normalized spacial score (nSPS) is 10.5. The third-order valence-corrected chi connectivity index (χ3v) is 3.03. The van der Waals surface area contributed by atoms with E-state index in [2.05, 4.69) is 15.1 Å². The second-order valence-corrected chi connectivity index (χ2v) is 4.92. The molecule has 2 heterocycles. The predicted molar refractivity (Wildman–Crippen MR) is 82.6 cm³/mol. The van der Waals surface area contributed by atoms with E-state index < -0.39 is 0 Å². The van der Waals surface area contributed by atoms with Gasteiger partial charge < -0.3 is 14.2 Å². The fourth-order valence-electron chi connectivity index (χ4n) is 1.87. The minimum atomic E-state index is 0.261. The van der Waals surface area contributed by atoms with Crippen LogP contribution < -0.4 is 9.64 Å². The summed E-state index contributed by atoms with van der Waals surface area (Å²) < 4.78 is 10.8. The maximum atomic E-state index is 5.58. The highest BCUT2D eigenvalue weighted by Crippen LogP contribution is 2.19. The highest BCUT2D eigenvalue weighted by atomic mass is 16.5. The molecule has 0 saturated carbocycles. The smallest absolute Gasteiger partial charge is 0.259 e. The second kappa shape index (κ2) is 6.26. The molecule has 6 nitrogen and oxygen atoms in total. The Labute approximate surface area is 128 Å². The van der Waals surface area contributed by atoms with Crippen LogP contribution in [0.1, 0.15) is 5.82 Å². The van der Waals surface area contributed by atoms with Crippen molar-refractivity contribution in [2.45, 2.75) is 6.61 Å². The number of anilines is 1. The molecule has 0 aliphatic carbocycles. The van der Waals surface area contributed by atoms with E-state index in [1.165, 1.54) is 0 Å². The van der Waals surface area contributed by atoms with Crippen molar-refractivity contribution in [3.8, 4) is 17.2 Å². The SMILES string of the molecule is CN(C)c1ccc(-c2nc(COc3ccccc3)no2)cn1. The fourth-order valence-corrected chi connectivity index (χ4v) is 1.87. The lowest BCUT2D eigenvalue weighted by Gasteiger charge is -2.10. The zero-order valence-electron chi connectivity index (χ0n) is 12.4. The van der Waals surface area contributed by atoms with Crippen LogP contribution in [-0.2, 0) is 6.61 Å². The zero-order valence-corrected chi connectivity index (χ0v) is 12.4. The van der Waals surface area contributed by atoms with Crippen LogP contribution in [0.3, 0.4) is 0 Å². The molecule has 0 radical (unpaired) electrons. The van der Waals surface area contributed by atoms with Crippen molar-refractivity contribution in [1.29, 1.82) is 0 Å². The molecule has 112 valence electrons. The number of aromatic nitrogens is 3. The molecule has 0 unspecified atom stereocenters. The van der Waals surface area contributed by atoms with E-state index in [1.807, 2.05) is 61.5 Å². The number of benzene rings is 1. The average molecular weight is 296 g/mol. The van der Waals surface area contributed by atoms with Gasteiger partial charge in [-0.1, -0.05) is 23.4 Å². The van der Waals surface area contributed by atoms with Gasteiger partial charge in [-0.2, -0.15) is 4.98 Å². The predicted octanol–water partition coefficient (Wildman–Crippen LogP) is 2.78. The number of ether oxygens (including phenoxy) is 1. The van der Waals surface area contributed by atoms with Gasteiger partial charge in [0.1, 0.15) is 11.6 Å². The molecule has 0 N–H and O–H groups in total. The third-order valence-electron chi connectivity index (χ3n) is 3.03. The van der Waals surface area contributed by atoms with E-state index in [4.69, 9.17) is 9.26 Å². The molecular weight excluding hydrogens is 280 g/mol. The maximum absolute atomic E-state index is 5.58. The summed E-state index contributed by atoms with van der Waals surface area (Å²) in [5.74, 6) is 2.57. The molecule has 3 rings (SSSR count). The van der Waals surface area contributed by atoms with Gasteiger partial charge in [0.15, 0.2) is 6.61 Å². The molecule has 3 aromatic rings. The van der Waals surface area contributed by atoms with Gasteiger partial charge in [0, 0.05) is 20.3 Å². The first kappa shape index (κ1) is 14.1. The Hall–Kier alpha value is -2.89. The first-order valence-corrected chi connectivity index (χ1v) is 6.86. The van der Waals surface area contributed by atoms with Gasteiger partial charge in [0.2, 0.25) is 5.82 Å². The molecule has 2 aromatic heterocycles. The van der Waals surface area contributed by atoms with Gasteiger partial charge in [-0.3, -0.25) is 0 Å². The summed E-state index contributed by atoms with van der Waals surface area (Å²) in [5, 5.41) is 3.92. The van der Waals surface area contributed by atoms with Crippen molar-refractivity contribution in [2.75, 3.05) is 19.0 Å².